The minimum atomic E-state index is -0.540. The molecule has 29 heavy (non-hydrogen) atoms. The lowest BCUT2D eigenvalue weighted by Gasteiger charge is -2.39. The van der Waals surface area contributed by atoms with Crippen LogP contribution in [0.1, 0.15) is 23.7 Å². The summed E-state index contributed by atoms with van der Waals surface area (Å²) in [5.74, 6) is -0.326. The van der Waals surface area contributed by atoms with Crippen LogP contribution in [-0.2, 0) is 16.8 Å². The summed E-state index contributed by atoms with van der Waals surface area (Å²) in [7, 11) is 0. The molecule has 0 aliphatic carbocycles. The Labute approximate surface area is 169 Å². The van der Waals surface area contributed by atoms with E-state index in [-0.39, 0.29) is 5.91 Å². The molecule has 0 radical (unpaired) electrons. The Morgan fingerprint density at radius 3 is 2.31 bits per heavy atom. The number of hydrogen-bond acceptors (Lipinski definition) is 2. The number of primary amides is 1. The fourth-order valence-corrected chi connectivity index (χ4v) is 4.54. The van der Waals surface area contributed by atoms with Gasteiger partial charge in [-0.15, -0.1) is 0 Å². The molecule has 1 aliphatic rings. The Balaban J connectivity index is 1.64. The number of carbonyl (C=O) groups excluding carboxylic acids is 1. The van der Waals surface area contributed by atoms with Crippen molar-refractivity contribution in [2.24, 2.45) is 5.73 Å². The molecule has 4 heteroatoms. The normalized spacial score (nSPS) is 21.1. The van der Waals surface area contributed by atoms with Crippen LogP contribution >= 0.6 is 0 Å². The van der Waals surface area contributed by atoms with Crippen LogP contribution in [-0.4, -0.2) is 16.9 Å². The number of aromatic amines is 1. The molecule has 0 bridgehead atoms. The number of hydrogen-bond donors (Lipinski definition) is 3. The first-order valence-corrected chi connectivity index (χ1v) is 9.89. The molecule has 1 amide bonds. The van der Waals surface area contributed by atoms with Gasteiger partial charge in [0, 0.05) is 16.6 Å². The summed E-state index contributed by atoms with van der Waals surface area (Å²) in [6, 6.07) is 26.7. The molecule has 1 aromatic heterocycles. The van der Waals surface area contributed by atoms with E-state index in [0.717, 1.165) is 33.3 Å². The molecule has 144 valence electrons. The second-order valence-electron chi connectivity index (χ2n) is 7.90. The monoisotopic (exact) mass is 381 g/mol. The van der Waals surface area contributed by atoms with Gasteiger partial charge in [-0.2, -0.15) is 0 Å². The van der Waals surface area contributed by atoms with E-state index in [1.807, 2.05) is 30.3 Å². The third kappa shape index (κ3) is 2.84. The zero-order chi connectivity index (χ0) is 20.0. The van der Waals surface area contributed by atoms with E-state index in [0.29, 0.717) is 6.42 Å². The first-order chi connectivity index (χ1) is 14.1. The van der Waals surface area contributed by atoms with Crippen LogP contribution in [0.5, 0.6) is 0 Å². The minimum Gasteiger partial charge on any atom is -0.368 e. The topological polar surface area (TPSA) is 70.9 Å². The maximum atomic E-state index is 12.1. The van der Waals surface area contributed by atoms with Gasteiger partial charge in [-0.1, -0.05) is 72.8 Å². The summed E-state index contributed by atoms with van der Waals surface area (Å²) in [5.41, 5.74) is 12.0. The smallest absolute Gasteiger partial charge is 0.234 e. The third-order valence-electron chi connectivity index (χ3n) is 6.10. The van der Waals surface area contributed by atoms with Gasteiger partial charge in [-0.25, -0.2) is 0 Å². The molecule has 4 aromatic rings. The lowest BCUT2D eigenvalue weighted by atomic mass is 9.79. The molecule has 0 saturated carbocycles. The first kappa shape index (κ1) is 17.7. The van der Waals surface area contributed by atoms with E-state index in [2.05, 4.69) is 65.8 Å². The predicted octanol–water partition coefficient (Wildman–Crippen LogP) is 4.10. The fraction of sp³-hybridized carbons (Fsp3) is 0.160. The van der Waals surface area contributed by atoms with E-state index in [1.54, 1.807) is 0 Å². The highest BCUT2D eigenvalue weighted by atomic mass is 16.1. The zero-order valence-corrected chi connectivity index (χ0v) is 16.3. The number of rotatable bonds is 3. The number of H-pyrrole nitrogens is 1. The van der Waals surface area contributed by atoms with Crippen molar-refractivity contribution in [3.8, 4) is 11.1 Å². The molecule has 2 heterocycles. The van der Waals surface area contributed by atoms with Crippen LogP contribution in [0.4, 0.5) is 0 Å². The van der Waals surface area contributed by atoms with Crippen molar-refractivity contribution >= 4 is 16.8 Å². The lowest BCUT2D eigenvalue weighted by molar-refractivity contribution is -0.120. The van der Waals surface area contributed by atoms with Gasteiger partial charge >= 0.3 is 0 Å². The maximum Gasteiger partial charge on any atom is 0.234 e. The summed E-state index contributed by atoms with van der Waals surface area (Å²) >= 11 is 0. The summed E-state index contributed by atoms with van der Waals surface area (Å²) in [6.45, 7) is 2.12. The van der Waals surface area contributed by atoms with Crippen molar-refractivity contribution in [2.45, 2.75) is 24.9 Å². The Morgan fingerprint density at radius 2 is 1.59 bits per heavy atom. The fourth-order valence-electron chi connectivity index (χ4n) is 4.54. The third-order valence-corrected chi connectivity index (χ3v) is 6.10. The molecule has 0 spiro atoms. The Morgan fingerprint density at radius 1 is 0.931 bits per heavy atom. The largest absolute Gasteiger partial charge is 0.368 e. The summed E-state index contributed by atoms with van der Waals surface area (Å²) in [5, 5.41) is 4.67. The average Bonchev–Trinajstić information content (AvgIpc) is 3.14. The van der Waals surface area contributed by atoms with Crippen molar-refractivity contribution in [2.75, 3.05) is 0 Å². The number of nitrogens with one attached hydrogen (secondary N) is 2. The number of aromatic nitrogens is 1. The first-order valence-electron chi connectivity index (χ1n) is 9.89. The number of benzene rings is 3. The highest BCUT2D eigenvalue weighted by Gasteiger charge is 2.41. The van der Waals surface area contributed by atoms with E-state index in [1.165, 1.54) is 5.56 Å². The summed E-state index contributed by atoms with van der Waals surface area (Å²) < 4.78 is 0. The van der Waals surface area contributed by atoms with Crippen LogP contribution < -0.4 is 11.1 Å². The van der Waals surface area contributed by atoms with Gasteiger partial charge in [-0.3, -0.25) is 10.1 Å². The predicted molar refractivity (Wildman–Crippen MR) is 116 cm³/mol. The number of nitrogens with two attached hydrogens (primary N) is 1. The molecule has 4 N–H and O–H groups in total. The molecule has 3 aromatic carbocycles. The van der Waals surface area contributed by atoms with Gasteiger partial charge in [0.15, 0.2) is 0 Å². The van der Waals surface area contributed by atoms with Gasteiger partial charge in [0.2, 0.25) is 5.91 Å². The maximum absolute atomic E-state index is 12.1. The van der Waals surface area contributed by atoms with Crippen molar-refractivity contribution in [3.63, 3.8) is 0 Å². The zero-order valence-electron chi connectivity index (χ0n) is 16.3. The number of para-hydroxylation sites is 1. The van der Waals surface area contributed by atoms with Crippen LogP contribution in [0.3, 0.4) is 0 Å². The number of carbonyl (C=O) groups is 1. The quantitative estimate of drug-likeness (QED) is 0.500. The Hall–Kier alpha value is -3.37. The highest BCUT2D eigenvalue weighted by molar-refractivity contribution is 5.88. The van der Waals surface area contributed by atoms with Gasteiger partial charge in [0.05, 0.1) is 11.6 Å². The van der Waals surface area contributed by atoms with E-state index in [4.69, 9.17) is 5.73 Å². The van der Waals surface area contributed by atoms with Crippen LogP contribution in [0.15, 0.2) is 78.9 Å². The van der Waals surface area contributed by atoms with Crippen molar-refractivity contribution < 1.29 is 4.79 Å². The standard InChI is InChI=1S/C25H23N3O/c1-25(18-13-11-17(12-14-18)16-7-3-2-4-8-16)23-20(15-22(28-25)24(26)29)19-9-5-6-10-21(19)27-23/h2-14,22,27-28H,15H2,1H3,(H2,26,29)/t22-,25+/m0/s1. The van der Waals surface area contributed by atoms with E-state index >= 15 is 0 Å². The molecule has 2 atom stereocenters. The van der Waals surface area contributed by atoms with Crippen molar-refractivity contribution in [3.05, 3.63) is 95.7 Å². The van der Waals surface area contributed by atoms with E-state index < -0.39 is 11.6 Å². The molecule has 0 saturated heterocycles. The number of fused-ring (bicyclic) bond motifs is 3. The Bertz CT molecular complexity index is 1190. The lowest BCUT2D eigenvalue weighted by Crippen LogP contribution is -2.56. The molecule has 1 aliphatic heterocycles. The highest BCUT2D eigenvalue weighted by Crippen LogP contribution is 2.39. The minimum absolute atomic E-state index is 0.326. The average molecular weight is 381 g/mol. The molecular weight excluding hydrogens is 358 g/mol. The second-order valence-corrected chi connectivity index (χ2v) is 7.90. The van der Waals surface area contributed by atoms with Crippen molar-refractivity contribution in [1.82, 2.24) is 10.3 Å². The van der Waals surface area contributed by atoms with Gasteiger partial charge in [0.25, 0.3) is 0 Å². The SMILES string of the molecule is C[C@]1(c2ccc(-c3ccccc3)cc2)N[C@H](C(N)=O)Cc2c1[nH]c1ccccc21. The second kappa shape index (κ2) is 6.61. The molecule has 0 unspecified atom stereocenters. The van der Waals surface area contributed by atoms with Crippen LogP contribution in [0.2, 0.25) is 0 Å². The summed E-state index contributed by atoms with van der Waals surface area (Å²) in [6.07, 6.45) is 0.590. The molecule has 0 fully saturated rings. The molecule has 4 nitrogen and oxygen atoms in total. The molecule has 5 rings (SSSR count). The van der Waals surface area contributed by atoms with Crippen molar-refractivity contribution in [1.29, 1.82) is 0 Å². The van der Waals surface area contributed by atoms with Crippen LogP contribution in [0.25, 0.3) is 22.0 Å². The van der Waals surface area contributed by atoms with E-state index in [9.17, 15) is 4.79 Å². The van der Waals surface area contributed by atoms with Gasteiger partial charge < -0.3 is 10.7 Å². The van der Waals surface area contributed by atoms with Crippen LogP contribution in [0, 0.1) is 0 Å². The Kier molecular flexibility index (Phi) is 4.03. The number of amides is 1. The molecular formula is C25H23N3O. The van der Waals surface area contributed by atoms with Gasteiger partial charge in [0.1, 0.15) is 0 Å². The summed E-state index contributed by atoms with van der Waals surface area (Å²) in [4.78, 5) is 15.7. The van der Waals surface area contributed by atoms with Gasteiger partial charge in [-0.05, 0) is 41.7 Å².